The van der Waals surface area contributed by atoms with Crippen molar-refractivity contribution in [2.24, 2.45) is 0 Å². The minimum Gasteiger partial charge on any atom is -0.445 e. The number of benzene rings is 3. The Balaban J connectivity index is 1.74. The Labute approximate surface area is 284 Å². The number of piperidine rings is 1. The van der Waals surface area contributed by atoms with E-state index < -0.39 is 59.3 Å². The number of amides is 2. The number of carbonyl (C=O) groups is 2. The van der Waals surface area contributed by atoms with Crippen LogP contribution in [-0.4, -0.2) is 41.5 Å². The minimum absolute atomic E-state index is 0.00388. The summed E-state index contributed by atoms with van der Waals surface area (Å²) < 4.78 is 93.5. The number of rotatable bonds is 11. The summed E-state index contributed by atoms with van der Waals surface area (Å²) in [4.78, 5) is 28.0. The van der Waals surface area contributed by atoms with Crippen LogP contribution in [0.25, 0.3) is 0 Å². The van der Waals surface area contributed by atoms with E-state index in [0.29, 0.717) is 29.7 Å². The molecule has 0 radical (unpaired) electrons. The molecule has 262 valence electrons. The second-order valence-corrected chi connectivity index (χ2v) is 12.2. The highest BCUT2D eigenvalue weighted by molar-refractivity contribution is 6.17. The fourth-order valence-corrected chi connectivity index (χ4v) is 5.86. The Bertz CT molecular complexity index is 1600. The predicted octanol–water partition coefficient (Wildman–Crippen LogP) is 8.53. The molecule has 0 bridgehead atoms. The van der Waals surface area contributed by atoms with Crippen molar-refractivity contribution < 1.29 is 45.4 Å². The fraction of sp³-hybridized carbons (Fsp3) is 0.400. The monoisotopic (exact) mass is 709 g/mol. The summed E-state index contributed by atoms with van der Waals surface area (Å²) in [6.07, 6.45) is -11.9. The molecule has 4 rings (SSSR count). The number of carbonyl (C=O) groups excluding carboxylic acids is 2. The van der Waals surface area contributed by atoms with Crippen LogP contribution in [-0.2, 0) is 38.8 Å². The van der Waals surface area contributed by atoms with Crippen LogP contribution in [0.4, 0.5) is 31.1 Å². The number of nitrogens with zero attached hydrogens (tertiary/aromatic N) is 2. The lowest BCUT2D eigenvalue weighted by atomic mass is 9.75. The zero-order valence-corrected chi connectivity index (χ0v) is 27.2. The van der Waals surface area contributed by atoms with Crippen molar-refractivity contribution in [2.75, 3.05) is 19.0 Å². The average Bonchev–Trinajstić information content (AvgIpc) is 3.09. The quantitative estimate of drug-likeness (QED) is 0.159. The summed E-state index contributed by atoms with van der Waals surface area (Å²) in [5, 5.41) is 13.1. The van der Waals surface area contributed by atoms with Crippen molar-refractivity contribution in [1.29, 1.82) is 5.26 Å². The highest BCUT2D eigenvalue weighted by Crippen LogP contribution is 2.44. The topological polar surface area (TPSA) is 91.7 Å². The van der Waals surface area contributed by atoms with Crippen molar-refractivity contribution in [3.63, 3.8) is 0 Å². The second kappa shape index (κ2) is 15.5. The summed E-state index contributed by atoms with van der Waals surface area (Å²) in [5.74, 6) is -0.240. The predicted molar refractivity (Wildman–Crippen MR) is 168 cm³/mol. The number of nitriles is 1. The molecule has 3 aromatic carbocycles. The summed E-state index contributed by atoms with van der Waals surface area (Å²) in [6.45, 7) is 0.395. The van der Waals surface area contributed by atoms with E-state index >= 15 is 0 Å². The van der Waals surface area contributed by atoms with Crippen LogP contribution >= 0.6 is 11.6 Å². The van der Waals surface area contributed by atoms with Crippen molar-refractivity contribution in [3.05, 3.63) is 107 Å². The number of nitrogens with one attached hydrogen (secondary N) is 1. The Morgan fingerprint density at radius 2 is 1.55 bits per heavy atom. The van der Waals surface area contributed by atoms with Gasteiger partial charge in [-0.25, -0.2) is 4.79 Å². The van der Waals surface area contributed by atoms with Gasteiger partial charge in [0.15, 0.2) is 0 Å². The molecule has 1 aliphatic heterocycles. The molecule has 0 aromatic heterocycles. The Hall–Kier alpha value is -4.28. The number of hydrogen-bond donors (Lipinski definition) is 1. The van der Waals surface area contributed by atoms with Crippen LogP contribution in [0.5, 0.6) is 0 Å². The molecule has 0 aliphatic carbocycles. The lowest BCUT2D eigenvalue weighted by Gasteiger charge is -2.51. The highest BCUT2D eigenvalue weighted by atomic mass is 35.5. The van der Waals surface area contributed by atoms with Gasteiger partial charge < -0.3 is 14.8 Å². The first-order chi connectivity index (χ1) is 23.1. The SMILES string of the molecule is C[C@@H](OC[C@@]1(c2ccccc2)CCC(C#N)(NC(=O)CCCCl)CN1C(=O)OCc1ccccc1)c1cc(C(F)(F)F)cc(C(F)(F)F)c1. The van der Waals surface area contributed by atoms with E-state index in [9.17, 15) is 41.2 Å². The van der Waals surface area contributed by atoms with Crippen LogP contribution < -0.4 is 5.32 Å². The van der Waals surface area contributed by atoms with E-state index in [1.807, 2.05) is 0 Å². The zero-order chi connectivity index (χ0) is 35.9. The van der Waals surface area contributed by atoms with Gasteiger partial charge in [-0.15, -0.1) is 11.6 Å². The first-order valence-corrected chi connectivity index (χ1v) is 15.9. The van der Waals surface area contributed by atoms with Crippen LogP contribution in [0.1, 0.15) is 66.5 Å². The summed E-state index contributed by atoms with van der Waals surface area (Å²) in [7, 11) is 0. The third kappa shape index (κ3) is 9.25. The molecule has 1 aliphatic rings. The third-order valence-corrected chi connectivity index (χ3v) is 8.70. The summed E-state index contributed by atoms with van der Waals surface area (Å²) in [6, 6.07) is 20.6. The number of hydrogen-bond acceptors (Lipinski definition) is 5. The van der Waals surface area contributed by atoms with E-state index in [1.165, 1.54) is 11.8 Å². The van der Waals surface area contributed by atoms with Crippen LogP contribution in [0, 0.1) is 11.3 Å². The molecule has 1 heterocycles. The van der Waals surface area contributed by atoms with Crippen molar-refractivity contribution >= 4 is 23.6 Å². The second-order valence-electron chi connectivity index (χ2n) is 11.9. The molecular weight excluding hydrogens is 676 g/mol. The van der Waals surface area contributed by atoms with E-state index in [2.05, 4.69) is 11.4 Å². The van der Waals surface area contributed by atoms with Gasteiger partial charge in [-0.3, -0.25) is 9.69 Å². The van der Waals surface area contributed by atoms with Crippen molar-refractivity contribution in [3.8, 4) is 6.07 Å². The van der Waals surface area contributed by atoms with Gasteiger partial charge in [0.1, 0.15) is 12.1 Å². The van der Waals surface area contributed by atoms with Gasteiger partial charge in [-0.1, -0.05) is 60.7 Å². The largest absolute Gasteiger partial charge is 0.445 e. The maximum atomic E-state index is 14.0. The highest BCUT2D eigenvalue weighted by Gasteiger charge is 2.53. The van der Waals surface area contributed by atoms with Crippen LogP contribution in [0.2, 0.25) is 0 Å². The molecule has 14 heteroatoms. The van der Waals surface area contributed by atoms with Gasteiger partial charge in [-0.2, -0.15) is 31.6 Å². The molecule has 2 amide bonds. The van der Waals surface area contributed by atoms with Gasteiger partial charge in [0.2, 0.25) is 5.91 Å². The molecule has 7 nitrogen and oxygen atoms in total. The van der Waals surface area contributed by atoms with E-state index in [0.717, 1.165) is 0 Å². The smallest absolute Gasteiger partial charge is 0.416 e. The normalized spacial score (nSPS) is 20.3. The third-order valence-electron chi connectivity index (χ3n) is 8.43. The average molecular weight is 710 g/mol. The molecule has 1 fully saturated rings. The number of ether oxygens (including phenoxy) is 2. The van der Waals surface area contributed by atoms with Crippen LogP contribution in [0.15, 0.2) is 78.9 Å². The van der Waals surface area contributed by atoms with E-state index in [-0.39, 0.29) is 49.9 Å². The lowest BCUT2D eigenvalue weighted by molar-refractivity contribution is -0.143. The standard InChI is InChI=1S/C35H34ClF6N3O4/c1-24(26-17-28(34(37,38)39)19-29(18-26)35(40,41)42)49-23-33(27-11-6-3-7-12-27)15-14-32(21-43,44-30(46)13-8-16-36)22-45(33)31(47)48-20-25-9-4-2-5-10-25/h2-7,9-12,17-19,24H,8,13-16,20,22-23H2,1H3,(H,44,46)/t24-,32?,33-/m1/s1. The number of halogens is 7. The maximum absolute atomic E-state index is 14.0. The first-order valence-electron chi connectivity index (χ1n) is 15.4. The van der Waals surface area contributed by atoms with Gasteiger partial charge in [0.05, 0.1) is 42.0 Å². The molecule has 3 aromatic rings. The molecular formula is C35H34ClF6N3O4. The molecule has 1 N–H and O–H groups in total. The maximum Gasteiger partial charge on any atom is 0.416 e. The van der Waals surface area contributed by atoms with Gasteiger partial charge >= 0.3 is 18.4 Å². The zero-order valence-electron chi connectivity index (χ0n) is 26.4. The van der Waals surface area contributed by atoms with Crippen molar-refractivity contribution in [2.45, 2.75) is 68.7 Å². The molecule has 0 saturated carbocycles. The van der Waals surface area contributed by atoms with Gasteiger partial charge in [0, 0.05) is 12.3 Å². The Morgan fingerprint density at radius 1 is 0.959 bits per heavy atom. The first kappa shape index (κ1) is 37.5. The van der Waals surface area contributed by atoms with Crippen molar-refractivity contribution in [1.82, 2.24) is 10.2 Å². The number of likely N-dealkylation sites (tertiary alicyclic amines) is 1. The summed E-state index contributed by atoms with van der Waals surface area (Å²) >= 11 is 5.74. The minimum atomic E-state index is -5.06. The van der Waals surface area contributed by atoms with Gasteiger partial charge in [0.25, 0.3) is 0 Å². The Morgan fingerprint density at radius 3 is 2.10 bits per heavy atom. The molecule has 49 heavy (non-hydrogen) atoms. The molecule has 0 spiro atoms. The Kier molecular flexibility index (Phi) is 11.9. The number of alkyl halides is 7. The van der Waals surface area contributed by atoms with E-state index in [1.54, 1.807) is 60.7 Å². The van der Waals surface area contributed by atoms with E-state index in [4.69, 9.17) is 21.1 Å². The lowest BCUT2D eigenvalue weighted by Crippen LogP contribution is -2.66. The molecule has 3 atom stereocenters. The molecule has 1 saturated heterocycles. The van der Waals surface area contributed by atoms with Crippen LogP contribution in [0.3, 0.4) is 0 Å². The summed E-state index contributed by atoms with van der Waals surface area (Å²) in [5.41, 5.74) is -5.15. The fourth-order valence-electron chi connectivity index (χ4n) is 5.72. The van der Waals surface area contributed by atoms with Gasteiger partial charge in [-0.05, 0) is 61.1 Å². The molecule has 1 unspecified atom stereocenters.